The number of hydrogen-bond donors (Lipinski definition) is 4. The molecule has 1 fully saturated rings. The molecule has 0 aromatic heterocycles. The number of hydrogen-bond acceptors (Lipinski definition) is 5. The van der Waals surface area contributed by atoms with Crippen molar-refractivity contribution in [2.45, 2.75) is 32.1 Å². The van der Waals surface area contributed by atoms with Crippen molar-refractivity contribution in [2.75, 3.05) is 11.9 Å². The third-order valence-corrected chi connectivity index (χ3v) is 5.25. The van der Waals surface area contributed by atoms with Crippen molar-refractivity contribution in [3.8, 4) is 5.75 Å². The monoisotopic (exact) mass is 454 g/mol. The first-order valence-corrected chi connectivity index (χ1v) is 10.9. The van der Waals surface area contributed by atoms with Gasteiger partial charge in [0.15, 0.2) is 11.7 Å². The Morgan fingerprint density at radius 2 is 1.59 bits per heavy atom. The van der Waals surface area contributed by atoms with E-state index in [0.29, 0.717) is 17.0 Å². The lowest BCUT2D eigenvalue weighted by molar-refractivity contribution is -0.122. The zero-order valence-corrected chi connectivity index (χ0v) is 18.4. The van der Waals surface area contributed by atoms with Crippen LogP contribution in [-0.2, 0) is 9.59 Å². The summed E-state index contributed by atoms with van der Waals surface area (Å²) in [7, 11) is 0. The number of amides is 3. The van der Waals surface area contributed by atoms with Gasteiger partial charge >= 0.3 is 0 Å². The maximum Gasteiger partial charge on any atom is 0.269 e. The first-order chi connectivity index (χ1) is 15.5. The van der Waals surface area contributed by atoms with Crippen LogP contribution in [0.15, 0.2) is 54.6 Å². The molecule has 0 spiro atoms. The highest BCUT2D eigenvalue weighted by atomic mass is 32.1. The van der Waals surface area contributed by atoms with Crippen molar-refractivity contribution in [3.63, 3.8) is 0 Å². The first-order valence-electron chi connectivity index (χ1n) is 10.5. The van der Waals surface area contributed by atoms with Crippen LogP contribution in [0.1, 0.15) is 42.5 Å². The van der Waals surface area contributed by atoms with Gasteiger partial charge in [-0.1, -0.05) is 37.5 Å². The van der Waals surface area contributed by atoms with Crippen LogP contribution < -0.4 is 26.2 Å². The molecule has 3 amide bonds. The van der Waals surface area contributed by atoms with Crippen LogP contribution in [0.2, 0.25) is 0 Å². The molecule has 3 rings (SSSR count). The molecule has 0 heterocycles. The summed E-state index contributed by atoms with van der Waals surface area (Å²) in [4.78, 5) is 36.5. The van der Waals surface area contributed by atoms with Gasteiger partial charge in [-0.15, -0.1) is 0 Å². The van der Waals surface area contributed by atoms with Gasteiger partial charge in [0.05, 0.1) is 0 Å². The van der Waals surface area contributed by atoms with Crippen molar-refractivity contribution in [1.29, 1.82) is 0 Å². The highest BCUT2D eigenvalue weighted by molar-refractivity contribution is 7.80. The number of anilines is 1. The van der Waals surface area contributed by atoms with E-state index in [-0.39, 0.29) is 23.5 Å². The molecule has 0 bridgehead atoms. The lowest BCUT2D eigenvalue weighted by Crippen LogP contribution is -2.49. The van der Waals surface area contributed by atoms with Crippen molar-refractivity contribution in [2.24, 2.45) is 5.92 Å². The molecule has 0 radical (unpaired) electrons. The minimum Gasteiger partial charge on any atom is -0.484 e. The van der Waals surface area contributed by atoms with E-state index >= 15 is 0 Å². The summed E-state index contributed by atoms with van der Waals surface area (Å²) in [5, 5.41) is 5.26. The van der Waals surface area contributed by atoms with E-state index in [4.69, 9.17) is 17.0 Å². The fraction of sp³-hybridized carbons (Fsp3) is 0.304. The van der Waals surface area contributed by atoms with Gasteiger partial charge in [-0.3, -0.25) is 30.6 Å². The Hall–Kier alpha value is -3.46. The van der Waals surface area contributed by atoms with Gasteiger partial charge in [0.2, 0.25) is 5.91 Å². The topological polar surface area (TPSA) is 109 Å². The molecule has 1 aliphatic rings. The van der Waals surface area contributed by atoms with Crippen LogP contribution in [0.4, 0.5) is 5.69 Å². The average molecular weight is 455 g/mol. The molecule has 0 atom stereocenters. The number of carbonyl (C=O) groups excluding carboxylic acids is 3. The van der Waals surface area contributed by atoms with E-state index in [1.165, 1.54) is 6.42 Å². The number of ether oxygens (including phenoxy) is 1. The number of para-hydroxylation sites is 1. The van der Waals surface area contributed by atoms with Crippen molar-refractivity contribution < 1.29 is 19.1 Å². The van der Waals surface area contributed by atoms with Crippen LogP contribution in [0, 0.1) is 5.92 Å². The van der Waals surface area contributed by atoms with Crippen molar-refractivity contribution in [1.82, 2.24) is 16.2 Å². The van der Waals surface area contributed by atoms with Gasteiger partial charge in [-0.2, -0.15) is 0 Å². The molecule has 2 aromatic rings. The molecule has 0 unspecified atom stereocenters. The van der Waals surface area contributed by atoms with Gasteiger partial charge in [-0.25, -0.2) is 0 Å². The normalized spacial score (nSPS) is 13.5. The summed E-state index contributed by atoms with van der Waals surface area (Å²) >= 11 is 5.00. The Morgan fingerprint density at radius 3 is 2.28 bits per heavy atom. The van der Waals surface area contributed by atoms with E-state index in [9.17, 15) is 14.4 Å². The smallest absolute Gasteiger partial charge is 0.269 e. The van der Waals surface area contributed by atoms with Gasteiger partial charge in [0, 0.05) is 17.2 Å². The molecule has 32 heavy (non-hydrogen) atoms. The second-order valence-corrected chi connectivity index (χ2v) is 7.87. The van der Waals surface area contributed by atoms with Crippen LogP contribution in [0.25, 0.3) is 0 Å². The number of rotatable bonds is 6. The third kappa shape index (κ3) is 7.35. The molecule has 1 aliphatic carbocycles. The molecule has 2 aromatic carbocycles. The molecule has 8 nitrogen and oxygen atoms in total. The van der Waals surface area contributed by atoms with Gasteiger partial charge in [0.25, 0.3) is 11.8 Å². The fourth-order valence-electron chi connectivity index (χ4n) is 3.36. The Morgan fingerprint density at radius 1 is 0.906 bits per heavy atom. The minimum absolute atomic E-state index is 0.0286. The predicted octanol–water partition coefficient (Wildman–Crippen LogP) is 2.92. The standard InChI is InChI=1S/C23H26N4O4S/c28-20(15-31-19-9-5-2-6-10-19)25-23(32)27-26-22(30)17-11-13-18(14-12-17)24-21(29)16-7-3-1-4-8-16/h2,5-6,9-14,16H,1,3-4,7-8,15H2,(H,24,29)(H,26,30)(H2,25,27,28,32). The Balaban J connectivity index is 1.38. The molecular weight excluding hydrogens is 428 g/mol. The van der Waals surface area contributed by atoms with Gasteiger partial charge in [0.1, 0.15) is 5.75 Å². The van der Waals surface area contributed by atoms with E-state index < -0.39 is 11.8 Å². The lowest BCUT2D eigenvalue weighted by atomic mass is 9.88. The second-order valence-electron chi connectivity index (χ2n) is 7.46. The summed E-state index contributed by atoms with van der Waals surface area (Å²) in [6.45, 7) is -0.214. The summed E-state index contributed by atoms with van der Waals surface area (Å²) in [6, 6.07) is 15.5. The third-order valence-electron chi connectivity index (χ3n) is 5.05. The van der Waals surface area contributed by atoms with E-state index in [2.05, 4.69) is 21.5 Å². The van der Waals surface area contributed by atoms with Gasteiger partial charge in [-0.05, 0) is 61.5 Å². The maximum absolute atomic E-state index is 12.3. The zero-order chi connectivity index (χ0) is 22.8. The first kappa shape index (κ1) is 23.2. The number of hydrazine groups is 1. The van der Waals surface area contributed by atoms with Gasteiger partial charge < -0.3 is 10.1 Å². The summed E-state index contributed by atoms with van der Waals surface area (Å²) < 4.78 is 5.32. The Bertz CT molecular complexity index is 944. The summed E-state index contributed by atoms with van der Waals surface area (Å²) in [5.41, 5.74) is 5.91. The summed E-state index contributed by atoms with van der Waals surface area (Å²) in [6.07, 6.45) is 5.22. The molecule has 0 aliphatic heterocycles. The molecule has 9 heteroatoms. The highest BCUT2D eigenvalue weighted by Gasteiger charge is 2.21. The average Bonchev–Trinajstić information content (AvgIpc) is 2.83. The summed E-state index contributed by atoms with van der Waals surface area (Å²) in [5.74, 6) is -0.245. The van der Waals surface area contributed by atoms with Crippen molar-refractivity contribution >= 4 is 40.7 Å². The number of benzene rings is 2. The number of thiocarbonyl (C=S) groups is 1. The van der Waals surface area contributed by atoms with E-state index in [1.807, 2.05) is 6.07 Å². The highest BCUT2D eigenvalue weighted by Crippen LogP contribution is 2.25. The number of carbonyl (C=O) groups is 3. The fourth-order valence-corrected chi connectivity index (χ4v) is 3.52. The van der Waals surface area contributed by atoms with Crippen LogP contribution >= 0.6 is 12.2 Å². The van der Waals surface area contributed by atoms with Crippen LogP contribution in [0.3, 0.4) is 0 Å². The predicted molar refractivity (Wildman–Crippen MR) is 125 cm³/mol. The molecule has 4 N–H and O–H groups in total. The van der Waals surface area contributed by atoms with Crippen LogP contribution in [0.5, 0.6) is 5.75 Å². The quantitative estimate of drug-likeness (QED) is 0.395. The Labute approximate surface area is 192 Å². The molecule has 168 valence electrons. The lowest BCUT2D eigenvalue weighted by Gasteiger charge is -2.20. The van der Waals surface area contributed by atoms with E-state index in [1.54, 1.807) is 48.5 Å². The number of nitrogens with one attached hydrogen (secondary N) is 4. The van der Waals surface area contributed by atoms with Crippen molar-refractivity contribution in [3.05, 3.63) is 60.2 Å². The van der Waals surface area contributed by atoms with E-state index in [0.717, 1.165) is 25.7 Å². The molecule has 1 saturated carbocycles. The molecular formula is C23H26N4O4S. The Kier molecular flexibility index (Phi) is 8.56. The van der Waals surface area contributed by atoms with Crippen LogP contribution in [-0.4, -0.2) is 29.4 Å². The largest absolute Gasteiger partial charge is 0.484 e. The SMILES string of the molecule is O=C(COc1ccccc1)NC(=S)NNC(=O)c1ccc(NC(=O)C2CCCCC2)cc1. The minimum atomic E-state index is -0.460. The second kappa shape index (κ2) is 11.8. The zero-order valence-electron chi connectivity index (χ0n) is 17.6. The maximum atomic E-state index is 12.3. The molecule has 0 saturated heterocycles.